The standard InChI is InChI=1S/C15H15ClN6O/c1-11-6-7-18-22(11)9-14(23)19-15-17-10-21(20-15)8-12-2-4-13(16)5-3-12/h2-7,10H,8-9H2,1H3,(H,19,20,23). The first-order chi connectivity index (χ1) is 11.1. The zero-order valence-electron chi connectivity index (χ0n) is 12.5. The van der Waals surface area contributed by atoms with E-state index < -0.39 is 0 Å². The molecule has 0 atom stereocenters. The van der Waals surface area contributed by atoms with Crippen molar-refractivity contribution in [3.63, 3.8) is 0 Å². The molecule has 8 heteroatoms. The van der Waals surface area contributed by atoms with Gasteiger partial charge >= 0.3 is 0 Å². The molecule has 3 aromatic rings. The van der Waals surface area contributed by atoms with Crippen LogP contribution >= 0.6 is 11.6 Å². The number of carbonyl (C=O) groups excluding carboxylic acids is 1. The third-order valence-corrected chi connectivity index (χ3v) is 3.52. The average Bonchev–Trinajstić information content (AvgIpc) is 3.11. The monoisotopic (exact) mass is 330 g/mol. The van der Waals surface area contributed by atoms with Gasteiger partial charge in [0.1, 0.15) is 12.9 Å². The van der Waals surface area contributed by atoms with Crippen LogP contribution < -0.4 is 5.32 Å². The molecule has 0 aliphatic carbocycles. The Morgan fingerprint density at radius 1 is 1.26 bits per heavy atom. The van der Waals surface area contributed by atoms with Crippen molar-refractivity contribution in [1.29, 1.82) is 0 Å². The van der Waals surface area contributed by atoms with Crippen molar-refractivity contribution < 1.29 is 4.79 Å². The van der Waals surface area contributed by atoms with Gasteiger partial charge in [0.25, 0.3) is 0 Å². The van der Waals surface area contributed by atoms with Crippen LogP contribution in [-0.2, 0) is 17.9 Å². The van der Waals surface area contributed by atoms with E-state index in [-0.39, 0.29) is 18.4 Å². The third kappa shape index (κ3) is 3.95. The molecule has 118 valence electrons. The molecule has 0 spiro atoms. The summed E-state index contributed by atoms with van der Waals surface area (Å²) < 4.78 is 3.26. The van der Waals surface area contributed by atoms with Gasteiger partial charge in [0.05, 0.1) is 6.54 Å². The maximum atomic E-state index is 12.0. The molecule has 2 aromatic heterocycles. The highest BCUT2D eigenvalue weighted by atomic mass is 35.5. The molecule has 0 bridgehead atoms. The first-order valence-electron chi connectivity index (χ1n) is 7.02. The second-order valence-corrected chi connectivity index (χ2v) is 5.51. The number of rotatable bonds is 5. The number of carbonyl (C=O) groups is 1. The molecule has 2 heterocycles. The van der Waals surface area contributed by atoms with Gasteiger partial charge in [-0.3, -0.25) is 14.8 Å². The van der Waals surface area contributed by atoms with E-state index in [1.165, 1.54) is 0 Å². The van der Waals surface area contributed by atoms with Gasteiger partial charge in [0.15, 0.2) is 0 Å². The van der Waals surface area contributed by atoms with Crippen molar-refractivity contribution in [3.8, 4) is 0 Å². The van der Waals surface area contributed by atoms with E-state index in [9.17, 15) is 4.79 Å². The van der Waals surface area contributed by atoms with Crippen LogP contribution in [0.2, 0.25) is 5.02 Å². The fourth-order valence-electron chi connectivity index (χ4n) is 2.07. The minimum Gasteiger partial charge on any atom is -0.292 e. The zero-order chi connectivity index (χ0) is 16.2. The Morgan fingerprint density at radius 3 is 2.74 bits per heavy atom. The summed E-state index contributed by atoms with van der Waals surface area (Å²) in [5.41, 5.74) is 1.96. The lowest BCUT2D eigenvalue weighted by molar-refractivity contribution is -0.117. The van der Waals surface area contributed by atoms with Crippen molar-refractivity contribution in [2.24, 2.45) is 0 Å². The number of benzene rings is 1. The second kappa shape index (κ2) is 6.62. The highest BCUT2D eigenvalue weighted by Crippen LogP contribution is 2.10. The second-order valence-electron chi connectivity index (χ2n) is 5.07. The van der Waals surface area contributed by atoms with E-state index >= 15 is 0 Å². The number of aromatic nitrogens is 5. The van der Waals surface area contributed by atoms with Crippen molar-refractivity contribution in [1.82, 2.24) is 24.5 Å². The Kier molecular flexibility index (Phi) is 4.38. The fraction of sp³-hybridized carbons (Fsp3) is 0.200. The Hall–Kier alpha value is -2.67. The molecule has 0 saturated heterocycles. The predicted molar refractivity (Wildman–Crippen MR) is 86.2 cm³/mol. The van der Waals surface area contributed by atoms with Crippen molar-refractivity contribution in [2.75, 3.05) is 5.32 Å². The molecule has 1 aromatic carbocycles. The molecule has 3 rings (SSSR count). The molecular formula is C15H15ClN6O. The molecule has 0 aliphatic heterocycles. The summed E-state index contributed by atoms with van der Waals surface area (Å²) in [5, 5.41) is 11.6. The van der Waals surface area contributed by atoms with Gasteiger partial charge in [-0.25, -0.2) is 9.67 Å². The fourth-order valence-corrected chi connectivity index (χ4v) is 2.20. The van der Waals surface area contributed by atoms with E-state index in [2.05, 4.69) is 20.5 Å². The van der Waals surface area contributed by atoms with Gasteiger partial charge < -0.3 is 0 Å². The number of aryl methyl sites for hydroxylation is 1. The van der Waals surface area contributed by atoms with Crippen LogP contribution in [0.1, 0.15) is 11.3 Å². The van der Waals surface area contributed by atoms with Crippen LogP contribution in [-0.4, -0.2) is 30.5 Å². The molecule has 0 saturated carbocycles. The van der Waals surface area contributed by atoms with Crippen molar-refractivity contribution >= 4 is 23.5 Å². The number of nitrogens with one attached hydrogen (secondary N) is 1. The minimum absolute atomic E-state index is 0.130. The molecule has 7 nitrogen and oxygen atoms in total. The lowest BCUT2D eigenvalue weighted by atomic mass is 10.2. The lowest BCUT2D eigenvalue weighted by Gasteiger charge is -2.04. The van der Waals surface area contributed by atoms with Crippen LogP contribution in [0.4, 0.5) is 5.95 Å². The Labute approximate surface area is 137 Å². The van der Waals surface area contributed by atoms with Crippen molar-refractivity contribution in [3.05, 3.63) is 59.1 Å². The van der Waals surface area contributed by atoms with Crippen LogP contribution in [0.25, 0.3) is 0 Å². The van der Waals surface area contributed by atoms with Crippen molar-refractivity contribution in [2.45, 2.75) is 20.0 Å². The Balaban J connectivity index is 1.59. The van der Waals surface area contributed by atoms with Gasteiger partial charge in [0.2, 0.25) is 11.9 Å². The largest absolute Gasteiger partial charge is 0.292 e. The maximum absolute atomic E-state index is 12.0. The summed E-state index contributed by atoms with van der Waals surface area (Å²) in [6.07, 6.45) is 3.23. The SMILES string of the molecule is Cc1ccnn1CC(=O)Nc1ncn(Cc2ccc(Cl)cc2)n1. The van der Waals surface area contributed by atoms with Crippen LogP contribution in [0.5, 0.6) is 0 Å². The predicted octanol–water partition coefficient (Wildman–Crippen LogP) is 2.12. The topological polar surface area (TPSA) is 77.6 Å². The third-order valence-electron chi connectivity index (χ3n) is 3.27. The highest BCUT2D eigenvalue weighted by Gasteiger charge is 2.09. The van der Waals surface area contributed by atoms with Gasteiger partial charge in [-0.1, -0.05) is 23.7 Å². The summed E-state index contributed by atoms with van der Waals surface area (Å²) in [7, 11) is 0. The zero-order valence-corrected chi connectivity index (χ0v) is 13.2. The summed E-state index contributed by atoms with van der Waals surface area (Å²) in [6.45, 7) is 2.57. The quantitative estimate of drug-likeness (QED) is 0.777. The molecule has 0 radical (unpaired) electrons. The summed E-state index contributed by atoms with van der Waals surface area (Å²) in [5.74, 6) is 0.0508. The number of hydrogen-bond acceptors (Lipinski definition) is 4. The van der Waals surface area contributed by atoms with E-state index in [0.717, 1.165) is 11.3 Å². The highest BCUT2D eigenvalue weighted by molar-refractivity contribution is 6.30. The lowest BCUT2D eigenvalue weighted by Crippen LogP contribution is -2.21. The number of amides is 1. The van der Waals surface area contributed by atoms with Crippen LogP contribution in [0.3, 0.4) is 0 Å². The first-order valence-corrected chi connectivity index (χ1v) is 7.40. The molecule has 1 N–H and O–H groups in total. The minimum atomic E-state index is -0.221. The molecular weight excluding hydrogens is 316 g/mol. The van der Waals surface area contributed by atoms with E-state index in [1.807, 2.05) is 37.3 Å². The van der Waals surface area contributed by atoms with E-state index in [0.29, 0.717) is 11.6 Å². The van der Waals surface area contributed by atoms with Gasteiger partial charge in [-0.2, -0.15) is 5.10 Å². The van der Waals surface area contributed by atoms with Crippen LogP contribution in [0.15, 0.2) is 42.9 Å². The van der Waals surface area contributed by atoms with Gasteiger partial charge in [-0.05, 0) is 30.7 Å². The Morgan fingerprint density at radius 2 is 2.04 bits per heavy atom. The normalized spacial score (nSPS) is 10.7. The molecule has 1 amide bonds. The van der Waals surface area contributed by atoms with Gasteiger partial charge in [0, 0.05) is 16.9 Å². The van der Waals surface area contributed by atoms with Crippen LogP contribution in [0, 0.1) is 6.92 Å². The number of anilines is 1. The number of halogens is 1. The molecule has 0 aliphatic rings. The summed E-state index contributed by atoms with van der Waals surface area (Å²) >= 11 is 5.86. The van der Waals surface area contributed by atoms with Gasteiger partial charge in [-0.15, -0.1) is 5.10 Å². The smallest absolute Gasteiger partial charge is 0.248 e. The Bertz CT molecular complexity index is 807. The molecule has 0 fully saturated rings. The van der Waals surface area contributed by atoms with E-state index in [1.54, 1.807) is 21.9 Å². The number of nitrogens with zero attached hydrogens (tertiary/aromatic N) is 5. The number of hydrogen-bond donors (Lipinski definition) is 1. The van der Waals surface area contributed by atoms with E-state index in [4.69, 9.17) is 11.6 Å². The first kappa shape index (κ1) is 15.2. The summed E-state index contributed by atoms with van der Waals surface area (Å²) in [4.78, 5) is 16.0. The maximum Gasteiger partial charge on any atom is 0.248 e. The average molecular weight is 331 g/mol. The summed E-state index contributed by atoms with van der Waals surface area (Å²) in [6, 6.07) is 9.32. The molecule has 0 unspecified atom stereocenters. The molecule has 23 heavy (non-hydrogen) atoms.